The Morgan fingerprint density at radius 3 is 1.98 bits per heavy atom. The van der Waals surface area contributed by atoms with Gasteiger partial charge in [0.25, 0.3) is 0 Å². The summed E-state index contributed by atoms with van der Waals surface area (Å²) in [4.78, 5) is 23.6. The molecule has 16 nitrogen and oxygen atoms in total. The van der Waals surface area contributed by atoms with Crippen molar-refractivity contribution < 1.29 is 28.2 Å². The number of amidine groups is 1. The molecule has 46 heavy (non-hydrogen) atoms. The number of nitrogens with two attached hydrogens (primary N) is 2. The fraction of sp³-hybridized carbons (Fsp3) is 0.241. The summed E-state index contributed by atoms with van der Waals surface area (Å²) in [5, 5.41) is 46.2. The quantitative estimate of drug-likeness (QED) is 0.125. The van der Waals surface area contributed by atoms with Gasteiger partial charge in [-0.1, -0.05) is 20.8 Å². The van der Waals surface area contributed by atoms with Crippen LogP contribution in [0.2, 0.25) is 0 Å². The van der Waals surface area contributed by atoms with E-state index in [2.05, 4.69) is 15.3 Å². The van der Waals surface area contributed by atoms with Gasteiger partial charge in [0.2, 0.25) is 10.0 Å². The van der Waals surface area contributed by atoms with E-state index < -0.39 is 22.0 Å². The summed E-state index contributed by atoms with van der Waals surface area (Å²) in [6.07, 6.45) is 2.35. The molecule has 0 bridgehead atoms. The summed E-state index contributed by atoms with van der Waals surface area (Å²) in [6, 6.07) is 12.0. The number of carboxylic acids is 2. The maximum Gasteiger partial charge on any atom is 0.335 e. The Morgan fingerprint density at radius 2 is 1.57 bits per heavy atom. The minimum Gasteiger partial charge on any atom is -0.478 e. The number of sulfonamides is 1. The van der Waals surface area contributed by atoms with Gasteiger partial charge in [-0.15, -0.1) is 0 Å². The van der Waals surface area contributed by atoms with Gasteiger partial charge >= 0.3 is 11.9 Å². The number of carbonyl (C=O) groups is 2. The number of benzene rings is 2. The molecule has 0 atom stereocenters. The van der Waals surface area contributed by atoms with E-state index in [-0.39, 0.29) is 39.4 Å². The fourth-order valence-electron chi connectivity index (χ4n) is 4.12. The number of aromatic carboxylic acids is 2. The number of aromatic amines is 1. The average Bonchev–Trinajstić information content (AvgIpc) is 3.57. The molecule has 0 radical (unpaired) electrons. The molecule has 4 aromatic rings. The van der Waals surface area contributed by atoms with E-state index in [1.165, 1.54) is 29.7 Å². The third-order valence-corrected chi connectivity index (χ3v) is 7.98. The van der Waals surface area contributed by atoms with Gasteiger partial charge in [0.1, 0.15) is 23.3 Å². The summed E-state index contributed by atoms with van der Waals surface area (Å²) in [6.45, 7) is 6.09. The second kappa shape index (κ2) is 13.0. The summed E-state index contributed by atoms with van der Waals surface area (Å²) in [5.74, 6) is -1.86. The SMILES string of the molecule is CN(C(=N)c1ccc(N(C)S(C)(=O)=O)cc1)c1n[nH]c(C(C)(C)C)c1N.N#Cc1cnn(-c2cc(C(=O)O)cc(C(=O)O)c2)c1N. The molecule has 242 valence electrons. The van der Waals surface area contributed by atoms with Crippen LogP contribution in [-0.4, -0.2) is 76.7 Å². The average molecular weight is 651 g/mol. The maximum atomic E-state index is 11.6. The molecular weight excluding hydrogens is 616 g/mol. The standard InChI is InChI=1S/C17H26N6O2S.C12H8N4O4/c1-17(2,3)14-13(18)16(21-20-14)22(4)15(19)11-7-9-12(10-8-11)23(5)26(6,24)25;13-4-8-5-15-16(10(8)14)9-2-6(11(17)18)1-7(3-9)12(19)20/h7-10,19H,18H2,1-6H3,(H,20,21);1-3,5H,14H2,(H,17,18)(H,19,20). The number of nitrogens with zero attached hydrogens (tertiary/aromatic N) is 6. The van der Waals surface area contributed by atoms with Crippen LogP contribution in [0, 0.1) is 16.7 Å². The zero-order valence-corrected chi connectivity index (χ0v) is 26.7. The fourth-order valence-corrected chi connectivity index (χ4v) is 4.62. The Morgan fingerprint density at radius 1 is 1.02 bits per heavy atom. The molecule has 0 aliphatic heterocycles. The normalized spacial score (nSPS) is 11.2. The number of anilines is 4. The summed E-state index contributed by atoms with van der Waals surface area (Å²) < 4.78 is 25.5. The minimum absolute atomic E-state index is 0.00591. The van der Waals surface area contributed by atoms with Crippen molar-refractivity contribution in [2.45, 2.75) is 26.2 Å². The molecule has 0 amide bonds. The molecule has 0 saturated heterocycles. The summed E-state index contributed by atoms with van der Waals surface area (Å²) in [5.41, 5.74) is 14.0. The maximum absolute atomic E-state index is 11.6. The van der Waals surface area contributed by atoms with Crippen LogP contribution in [0.4, 0.5) is 23.0 Å². The molecule has 0 unspecified atom stereocenters. The van der Waals surface area contributed by atoms with Crippen molar-refractivity contribution >= 4 is 50.8 Å². The molecule has 4 rings (SSSR count). The van der Waals surface area contributed by atoms with E-state index >= 15 is 0 Å². The molecule has 0 saturated carbocycles. The predicted molar refractivity (Wildman–Crippen MR) is 173 cm³/mol. The second-order valence-corrected chi connectivity index (χ2v) is 13.1. The molecule has 0 aliphatic carbocycles. The third kappa shape index (κ3) is 7.42. The van der Waals surface area contributed by atoms with Crippen molar-refractivity contribution in [2.24, 2.45) is 0 Å². The lowest BCUT2D eigenvalue weighted by Gasteiger charge is -2.21. The van der Waals surface area contributed by atoms with Crippen molar-refractivity contribution in [3.8, 4) is 11.8 Å². The molecule has 17 heteroatoms. The van der Waals surface area contributed by atoms with Gasteiger partial charge in [0, 0.05) is 25.1 Å². The van der Waals surface area contributed by atoms with Crippen LogP contribution < -0.4 is 20.7 Å². The van der Waals surface area contributed by atoms with E-state index in [0.29, 0.717) is 22.8 Å². The van der Waals surface area contributed by atoms with Crippen LogP contribution in [0.5, 0.6) is 0 Å². The van der Waals surface area contributed by atoms with Crippen molar-refractivity contribution in [3.63, 3.8) is 0 Å². The Balaban J connectivity index is 0.000000259. The van der Waals surface area contributed by atoms with Crippen LogP contribution in [0.25, 0.3) is 5.69 Å². The topological polar surface area (TPSA) is 261 Å². The monoisotopic (exact) mass is 650 g/mol. The molecule has 2 aromatic carbocycles. The number of carboxylic acid groups (broad SMARTS) is 2. The first kappa shape index (κ1) is 34.6. The first-order valence-corrected chi connectivity index (χ1v) is 15.2. The van der Waals surface area contributed by atoms with Gasteiger partial charge in [-0.05, 0) is 42.5 Å². The van der Waals surface area contributed by atoms with E-state index in [1.807, 2.05) is 26.8 Å². The van der Waals surface area contributed by atoms with Gasteiger partial charge in [0.05, 0.1) is 46.3 Å². The molecule has 0 spiro atoms. The number of nitriles is 1. The molecule has 0 aliphatic rings. The zero-order chi connectivity index (χ0) is 34.7. The van der Waals surface area contributed by atoms with Crippen LogP contribution in [0.1, 0.15) is 58.3 Å². The lowest BCUT2D eigenvalue weighted by atomic mass is 9.91. The van der Waals surface area contributed by atoms with Crippen molar-refractivity contribution in [3.05, 3.63) is 76.6 Å². The highest BCUT2D eigenvalue weighted by Gasteiger charge is 2.25. The van der Waals surface area contributed by atoms with Gasteiger partial charge in [-0.2, -0.15) is 15.5 Å². The molecule has 2 aromatic heterocycles. The number of rotatable bonds is 7. The van der Waals surface area contributed by atoms with Gasteiger partial charge in [0.15, 0.2) is 5.82 Å². The lowest BCUT2D eigenvalue weighted by molar-refractivity contribution is 0.0696. The van der Waals surface area contributed by atoms with E-state index in [0.717, 1.165) is 22.7 Å². The first-order valence-electron chi connectivity index (χ1n) is 13.3. The molecule has 8 N–H and O–H groups in total. The van der Waals surface area contributed by atoms with Crippen molar-refractivity contribution in [2.75, 3.05) is 41.0 Å². The van der Waals surface area contributed by atoms with Crippen molar-refractivity contribution in [1.82, 2.24) is 20.0 Å². The molecular formula is C29H34N10O6S. The highest BCUT2D eigenvalue weighted by Crippen LogP contribution is 2.32. The van der Waals surface area contributed by atoms with Crippen LogP contribution in [-0.2, 0) is 15.4 Å². The second-order valence-electron chi connectivity index (χ2n) is 11.1. The van der Waals surface area contributed by atoms with E-state index in [9.17, 15) is 18.0 Å². The largest absolute Gasteiger partial charge is 0.478 e. The number of aromatic nitrogens is 4. The lowest BCUT2D eigenvalue weighted by Crippen LogP contribution is -2.28. The van der Waals surface area contributed by atoms with Crippen LogP contribution in [0.15, 0.2) is 48.7 Å². The van der Waals surface area contributed by atoms with E-state index in [1.54, 1.807) is 36.2 Å². The Hall–Kier alpha value is -5.89. The van der Waals surface area contributed by atoms with Crippen molar-refractivity contribution in [1.29, 1.82) is 10.7 Å². The smallest absolute Gasteiger partial charge is 0.335 e. The Kier molecular flexibility index (Phi) is 9.78. The number of nitrogen functional groups attached to an aromatic ring is 2. The number of H-pyrrole nitrogens is 1. The van der Waals surface area contributed by atoms with Gasteiger partial charge < -0.3 is 26.6 Å². The number of nitrogens with one attached hydrogen (secondary N) is 2. The highest BCUT2D eigenvalue weighted by molar-refractivity contribution is 7.92. The van der Waals surface area contributed by atoms with Gasteiger partial charge in [-0.3, -0.25) is 14.8 Å². The van der Waals surface area contributed by atoms with Crippen LogP contribution in [0.3, 0.4) is 0 Å². The first-order chi connectivity index (χ1) is 21.3. The summed E-state index contributed by atoms with van der Waals surface area (Å²) in [7, 11) is -0.120. The summed E-state index contributed by atoms with van der Waals surface area (Å²) >= 11 is 0. The number of hydrogen-bond acceptors (Lipinski definition) is 10. The zero-order valence-electron chi connectivity index (χ0n) is 25.9. The molecule has 2 heterocycles. The minimum atomic E-state index is -3.33. The Bertz CT molecular complexity index is 1920. The Labute approximate surface area is 265 Å². The third-order valence-electron chi connectivity index (χ3n) is 6.77. The highest BCUT2D eigenvalue weighted by atomic mass is 32.2. The van der Waals surface area contributed by atoms with Crippen LogP contribution >= 0.6 is 0 Å². The molecule has 0 fully saturated rings. The number of hydrogen-bond donors (Lipinski definition) is 6. The van der Waals surface area contributed by atoms with E-state index in [4.69, 9.17) is 32.4 Å². The van der Waals surface area contributed by atoms with Gasteiger partial charge in [-0.25, -0.2) is 22.7 Å². The predicted octanol–water partition coefficient (Wildman–Crippen LogP) is 2.87.